The van der Waals surface area contributed by atoms with Gasteiger partial charge in [-0.05, 0) is 142 Å². The lowest BCUT2D eigenvalue weighted by Crippen LogP contribution is -2.41. The molecule has 0 spiro atoms. The summed E-state index contributed by atoms with van der Waals surface area (Å²) in [7, 11) is -2.61. The fourth-order valence-electron chi connectivity index (χ4n) is 8.05. The number of benzene rings is 5. The zero-order valence-electron chi connectivity index (χ0n) is 53.3. The number of aromatic hydroxyl groups is 1. The number of carbonyl (C=O) groups excluding carboxylic acids is 3. The Morgan fingerprint density at radius 3 is 1.33 bits per heavy atom. The molecule has 6 unspecified atom stereocenters. The van der Waals surface area contributed by atoms with Crippen LogP contribution in [0.15, 0.2) is 91.0 Å². The number of fused-ring (bicyclic) bond motifs is 2. The smallest absolute Gasteiger partial charge is 0.499 e. The number of carbonyl (C=O) groups is 3. The first kappa shape index (κ1) is 72.8. The molecular formula is C66H93B3N2O14. The van der Waals surface area contributed by atoms with E-state index in [0.717, 1.165) is 72.8 Å². The van der Waals surface area contributed by atoms with E-state index >= 15 is 0 Å². The van der Waals surface area contributed by atoms with E-state index in [2.05, 4.69) is 41.5 Å². The van der Waals surface area contributed by atoms with Gasteiger partial charge in [-0.3, -0.25) is 14.4 Å². The second-order valence-electron chi connectivity index (χ2n) is 22.5. The van der Waals surface area contributed by atoms with Crippen LogP contribution in [0.3, 0.4) is 0 Å². The summed E-state index contributed by atoms with van der Waals surface area (Å²) in [5.74, 6) is 3.81. The number of phenols is 1. The van der Waals surface area contributed by atoms with Crippen molar-refractivity contribution in [3.8, 4) is 34.8 Å². The lowest BCUT2D eigenvalue weighted by molar-refractivity contribution is 0.00578. The van der Waals surface area contributed by atoms with Crippen molar-refractivity contribution >= 4 is 56.6 Å². The molecule has 460 valence electrons. The highest BCUT2D eigenvalue weighted by molar-refractivity contribution is 6.64. The Bertz CT molecular complexity index is 2920. The maximum Gasteiger partial charge on any atom is 0.499 e. The second kappa shape index (κ2) is 35.2. The van der Waals surface area contributed by atoms with Gasteiger partial charge in [0.1, 0.15) is 47.6 Å². The zero-order valence-corrected chi connectivity index (χ0v) is 53.3. The second-order valence-corrected chi connectivity index (χ2v) is 22.5. The predicted octanol–water partition coefficient (Wildman–Crippen LogP) is 11.3. The quantitative estimate of drug-likeness (QED) is 0.0471. The first-order valence-corrected chi connectivity index (χ1v) is 29.7. The van der Waals surface area contributed by atoms with Crippen LogP contribution in [-0.2, 0) is 18.6 Å². The Morgan fingerprint density at radius 2 is 0.918 bits per heavy atom. The van der Waals surface area contributed by atoms with Crippen LogP contribution in [0.1, 0.15) is 201 Å². The molecule has 3 heterocycles. The van der Waals surface area contributed by atoms with Crippen LogP contribution in [0.4, 0.5) is 0 Å². The van der Waals surface area contributed by atoms with Gasteiger partial charge in [-0.1, -0.05) is 116 Å². The van der Waals surface area contributed by atoms with E-state index in [1.807, 2.05) is 124 Å². The summed E-state index contributed by atoms with van der Waals surface area (Å²) in [5.41, 5.74) is 11.6. The van der Waals surface area contributed by atoms with Crippen LogP contribution in [0.5, 0.6) is 28.7 Å². The lowest BCUT2D eigenvalue weighted by Gasteiger charge is -2.32. The Labute approximate surface area is 507 Å². The van der Waals surface area contributed by atoms with Crippen LogP contribution in [0, 0.1) is 31.1 Å². The molecule has 16 nitrogen and oxygen atoms in total. The summed E-state index contributed by atoms with van der Waals surface area (Å²) in [4.78, 5) is 32.4. The normalized spacial score (nSPS) is 17.0. The highest BCUT2D eigenvalue weighted by Crippen LogP contribution is 2.38. The minimum Gasteiger partial charge on any atom is -0.508 e. The Kier molecular flexibility index (Phi) is 30.2. The Morgan fingerprint density at radius 1 is 0.553 bits per heavy atom. The van der Waals surface area contributed by atoms with Crippen molar-refractivity contribution < 1.29 is 67.1 Å². The number of phenolic OH excluding ortho intramolecular Hbond substituents is 1. The molecule has 1 fully saturated rings. The maximum absolute atomic E-state index is 11.4. The summed E-state index contributed by atoms with van der Waals surface area (Å²) in [6.45, 7) is 34.8. The standard InChI is InChI=1S/C17H25BO4.C12H18BNO3.C12H14BNO3.C12H16O2.C8H8O2.C5H12/c1-7-12(2)20-14-10-8-9-13(11-19)15(14)18-21-16(3,4)17(5,6)22-18;2*1-3-8(2)16-10-6-4-5-9-11(7-14)17-13(15)12(9)10;1-4-9(2)14-12-7-5-6-11(8-13)10(12)3;1-6-7(5-9)3-2-4-8(6)10;1-4-5(2)3/h8-12H,7H2,1-6H3;4-6,8,11,15H,3,7,14H2,1-2H3;4-6,8,11,15H,3H2,1-2H3;5-9H,4H2,1-3H3;2-5,10H,1H3;5H,4H2,1-3H3. The van der Waals surface area contributed by atoms with Gasteiger partial charge in [0.2, 0.25) is 0 Å². The average Bonchev–Trinajstić information content (AvgIpc) is 2.05. The number of rotatable bonds is 18. The van der Waals surface area contributed by atoms with Crippen molar-refractivity contribution in [3.63, 3.8) is 0 Å². The molecule has 0 aromatic heterocycles. The van der Waals surface area contributed by atoms with Gasteiger partial charge in [0, 0.05) is 50.8 Å². The van der Waals surface area contributed by atoms with Crippen molar-refractivity contribution in [1.29, 1.82) is 5.26 Å². The van der Waals surface area contributed by atoms with E-state index in [9.17, 15) is 24.4 Å². The van der Waals surface area contributed by atoms with E-state index in [4.69, 9.17) is 53.7 Å². The van der Waals surface area contributed by atoms with Crippen molar-refractivity contribution in [2.24, 2.45) is 11.7 Å². The molecule has 0 aliphatic carbocycles. The highest BCUT2D eigenvalue weighted by Gasteiger charge is 2.53. The van der Waals surface area contributed by atoms with Crippen LogP contribution < -0.4 is 41.1 Å². The molecule has 85 heavy (non-hydrogen) atoms. The predicted molar refractivity (Wildman–Crippen MR) is 339 cm³/mol. The minimum absolute atomic E-state index is 0.0584. The fraction of sp³-hybridized carbons (Fsp3) is 0.485. The van der Waals surface area contributed by atoms with Crippen molar-refractivity contribution in [2.45, 2.75) is 198 Å². The van der Waals surface area contributed by atoms with Gasteiger partial charge in [-0.25, -0.2) is 0 Å². The summed E-state index contributed by atoms with van der Waals surface area (Å²) in [6, 6.07) is 28.9. The molecule has 1 saturated heterocycles. The third-order valence-corrected chi connectivity index (χ3v) is 15.3. The highest BCUT2D eigenvalue weighted by atomic mass is 16.7. The van der Waals surface area contributed by atoms with Gasteiger partial charge in [0.25, 0.3) is 0 Å². The van der Waals surface area contributed by atoms with Crippen molar-refractivity contribution in [1.82, 2.24) is 0 Å². The maximum atomic E-state index is 11.4. The number of nitrogens with zero attached hydrogens (tertiary/aromatic N) is 1. The molecule has 19 heteroatoms. The zero-order chi connectivity index (χ0) is 63.8. The molecule has 5 aromatic rings. The van der Waals surface area contributed by atoms with Gasteiger partial charge >= 0.3 is 21.4 Å². The summed E-state index contributed by atoms with van der Waals surface area (Å²) in [6.07, 6.45) is 6.85. The number of ether oxygens (including phenoxy) is 4. The molecule has 0 radical (unpaired) electrons. The number of nitrogens with two attached hydrogens (primary N) is 1. The third-order valence-electron chi connectivity index (χ3n) is 15.3. The SMILES string of the molecule is CCC(C)C.CCC(C)Oc1cccc(C=O)c1B1OC(C)(C)C(C)(C)O1.CCC(C)Oc1cccc(C=O)c1C.CCC(C)Oc1cccc2c1B(O)OC2C#N.CCC(C)Oc1cccc2c1B(O)OC2CN.Cc1c(O)cccc1C=O. The Balaban J connectivity index is 0.000000277. The summed E-state index contributed by atoms with van der Waals surface area (Å²) in [5, 5.41) is 37.7. The fourth-order valence-corrected chi connectivity index (χ4v) is 8.05. The van der Waals surface area contributed by atoms with Gasteiger partial charge in [-0.2, -0.15) is 5.26 Å². The molecule has 8 rings (SSSR count). The Hall–Kier alpha value is -6.49. The third kappa shape index (κ3) is 20.6. The van der Waals surface area contributed by atoms with Crippen molar-refractivity contribution in [3.05, 3.63) is 130 Å². The van der Waals surface area contributed by atoms with Gasteiger partial charge in [0.05, 0.1) is 47.8 Å². The van der Waals surface area contributed by atoms with Crippen LogP contribution in [0.25, 0.3) is 0 Å². The summed E-state index contributed by atoms with van der Waals surface area (Å²) < 4.78 is 45.9. The first-order chi connectivity index (χ1) is 40.3. The van der Waals surface area contributed by atoms with Gasteiger partial charge in [-0.15, -0.1) is 0 Å². The largest absolute Gasteiger partial charge is 0.508 e. The molecule has 5 aromatic carbocycles. The average molecular weight is 1170 g/mol. The van der Waals surface area contributed by atoms with E-state index in [1.54, 1.807) is 49.4 Å². The molecule has 6 atom stereocenters. The monoisotopic (exact) mass is 1170 g/mol. The first-order valence-electron chi connectivity index (χ1n) is 29.7. The molecular weight excluding hydrogens is 1080 g/mol. The number of aldehydes is 3. The molecule has 0 bridgehead atoms. The van der Waals surface area contributed by atoms with Crippen LogP contribution in [0.2, 0.25) is 0 Å². The van der Waals surface area contributed by atoms with Crippen LogP contribution >= 0.6 is 0 Å². The van der Waals surface area contributed by atoms with E-state index < -0.39 is 38.7 Å². The molecule has 3 aliphatic rings. The summed E-state index contributed by atoms with van der Waals surface area (Å²) >= 11 is 0. The van der Waals surface area contributed by atoms with E-state index in [0.29, 0.717) is 62.5 Å². The van der Waals surface area contributed by atoms with Gasteiger partial charge in [0.15, 0.2) is 6.10 Å². The van der Waals surface area contributed by atoms with Gasteiger partial charge < -0.3 is 58.5 Å². The number of hydrogen-bond acceptors (Lipinski definition) is 16. The molecule has 3 aliphatic heterocycles. The number of hydrogen-bond donors (Lipinski definition) is 4. The molecule has 5 N–H and O–H groups in total. The molecule has 0 saturated carbocycles. The molecule has 0 amide bonds. The minimum atomic E-state index is -1.07. The van der Waals surface area contributed by atoms with E-state index in [-0.39, 0.29) is 36.3 Å². The van der Waals surface area contributed by atoms with E-state index in [1.165, 1.54) is 6.42 Å². The van der Waals surface area contributed by atoms with Crippen molar-refractivity contribution in [2.75, 3.05) is 6.54 Å². The topological polar surface area (TPSA) is 236 Å². The number of nitriles is 1. The van der Waals surface area contributed by atoms with Crippen LogP contribution in [-0.4, -0.2) is 97.5 Å². The lowest BCUT2D eigenvalue weighted by atomic mass is 9.75.